The summed E-state index contributed by atoms with van der Waals surface area (Å²) in [5.74, 6) is -0.110. The van der Waals surface area contributed by atoms with Gasteiger partial charge in [0.25, 0.3) is 0 Å². The van der Waals surface area contributed by atoms with Crippen LogP contribution in [0.1, 0.15) is 11.3 Å². The van der Waals surface area contributed by atoms with E-state index in [4.69, 9.17) is 4.74 Å². The number of rotatable bonds is 4. The molecule has 1 aromatic heterocycles. The van der Waals surface area contributed by atoms with Crippen LogP contribution in [0.2, 0.25) is 0 Å². The third kappa shape index (κ3) is 2.78. The molecule has 0 bridgehead atoms. The van der Waals surface area contributed by atoms with Crippen molar-refractivity contribution in [1.29, 1.82) is 0 Å². The van der Waals surface area contributed by atoms with Crippen molar-refractivity contribution >= 4 is 26.8 Å². The van der Waals surface area contributed by atoms with Gasteiger partial charge in [-0.3, -0.25) is 4.68 Å². The lowest BCUT2D eigenvalue weighted by molar-refractivity contribution is 0.286. The first-order valence-corrected chi connectivity index (χ1v) is 7.69. The number of fused-ring (bicyclic) bond motifs is 1. The van der Waals surface area contributed by atoms with Crippen LogP contribution in [0.25, 0.3) is 10.9 Å². The van der Waals surface area contributed by atoms with Gasteiger partial charge < -0.3 is 4.74 Å². The highest BCUT2D eigenvalue weighted by molar-refractivity contribution is 9.08. The Morgan fingerprint density at radius 1 is 1.24 bits per heavy atom. The van der Waals surface area contributed by atoms with Gasteiger partial charge in [-0.1, -0.05) is 40.2 Å². The van der Waals surface area contributed by atoms with Crippen LogP contribution >= 0.6 is 15.9 Å². The molecule has 3 aromatic rings. The lowest BCUT2D eigenvalue weighted by atomic mass is 10.2. The maximum Gasteiger partial charge on any atom is 0.165 e. The average Bonchev–Trinajstić information content (AvgIpc) is 2.83. The highest BCUT2D eigenvalue weighted by Crippen LogP contribution is 2.23. The first-order chi connectivity index (χ1) is 10.2. The molecule has 0 amide bonds. The molecule has 0 fully saturated rings. The van der Waals surface area contributed by atoms with Crippen LogP contribution in [0.15, 0.2) is 42.5 Å². The molecule has 0 atom stereocenters. The highest BCUT2D eigenvalue weighted by Gasteiger charge is 2.10. The highest BCUT2D eigenvalue weighted by atomic mass is 79.9. The third-order valence-electron chi connectivity index (χ3n) is 3.35. The van der Waals surface area contributed by atoms with Crippen LogP contribution in [0.5, 0.6) is 5.75 Å². The zero-order valence-electron chi connectivity index (χ0n) is 11.5. The first kappa shape index (κ1) is 14.1. The van der Waals surface area contributed by atoms with E-state index >= 15 is 0 Å². The molecule has 5 heteroatoms. The molecule has 3 rings (SSSR count). The van der Waals surface area contributed by atoms with E-state index in [1.807, 2.05) is 37.4 Å². The SMILES string of the molecule is Cn1nc(COc2ccc(CBr)cc2F)c2ccccc21. The molecule has 0 saturated carbocycles. The summed E-state index contributed by atoms with van der Waals surface area (Å²) in [6.07, 6.45) is 0. The summed E-state index contributed by atoms with van der Waals surface area (Å²) in [6, 6.07) is 12.9. The molecule has 3 nitrogen and oxygen atoms in total. The third-order valence-corrected chi connectivity index (χ3v) is 4.00. The van der Waals surface area contributed by atoms with Gasteiger partial charge in [-0.2, -0.15) is 5.10 Å². The van der Waals surface area contributed by atoms with Crippen LogP contribution in [0, 0.1) is 5.82 Å². The van der Waals surface area contributed by atoms with Crippen molar-refractivity contribution in [3.8, 4) is 5.75 Å². The second-order valence-electron chi connectivity index (χ2n) is 4.77. The zero-order valence-corrected chi connectivity index (χ0v) is 13.1. The lowest BCUT2D eigenvalue weighted by Crippen LogP contribution is -2.00. The minimum absolute atomic E-state index is 0.242. The van der Waals surface area contributed by atoms with Crippen LogP contribution in [-0.4, -0.2) is 9.78 Å². The summed E-state index contributed by atoms with van der Waals surface area (Å²) in [4.78, 5) is 0. The summed E-state index contributed by atoms with van der Waals surface area (Å²) in [5, 5.41) is 6.08. The molecular formula is C16H14BrFN2O. The van der Waals surface area contributed by atoms with Crippen molar-refractivity contribution in [2.45, 2.75) is 11.9 Å². The number of aromatic nitrogens is 2. The minimum Gasteiger partial charge on any atom is -0.484 e. The maximum atomic E-state index is 13.9. The van der Waals surface area contributed by atoms with Gasteiger partial charge >= 0.3 is 0 Å². The maximum absolute atomic E-state index is 13.9. The topological polar surface area (TPSA) is 27.1 Å². The minimum atomic E-state index is -0.354. The van der Waals surface area contributed by atoms with Crippen molar-refractivity contribution in [3.63, 3.8) is 0 Å². The van der Waals surface area contributed by atoms with Crippen molar-refractivity contribution in [3.05, 3.63) is 59.5 Å². The summed E-state index contributed by atoms with van der Waals surface area (Å²) >= 11 is 3.30. The zero-order chi connectivity index (χ0) is 14.8. The molecule has 0 aliphatic rings. The first-order valence-electron chi connectivity index (χ1n) is 6.57. The Labute approximate surface area is 130 Å². The molecule has 0 N–H and O–H groups in total. The number of ether oxygens (including phenoxy) is 1. The summed E-state index contributed by atoms with van der Waals surface area (Å²) in [7, 11) is 1.89. The van der Waals surface area contributed by atoms with E-state index in [1.54, 1.807) is 10.7 Å². The lowest BCUT2D eigenvalue weighted by Gasteiger charge is -2.07. The Hall–Kier alpha value is -1.88. The summed E-state index contributed by atoms with van der Waals surface area (Å²) < 4.78 is 21.3. The van der Waals surface area contributed by atoms with E-state index in [9.17, 15) is 4.39 Å². The van der Waals surface area contributed by atoms with Crippen molar-refractivity contribution in [2.75, 3.05) is 0 Å². The number of halogens is 2. The molecule has 0 unspecified atom stereocenters. The summed E-state index contributed by atoms with van der Waals surface area (Å²) in [5.41, 5.74) is 2.71. The second-order valence-corrected chi connectivity index (χ2v) is 5.34. The van der Waals surface area contributed by atoms with Gasteiger partial charge in [0.1, 0.15) is 12.3 Å². The van der Waals surface area contributed by atoms with E-state index < -0.39 is 0 Å². The largest absolute Gasteiger partial charge is 0.484 e. The van der Waals surface area contributed by atoms with E-state index in [1.165, 1.54) is 6.07 Å². The van der Waals surface area contributed by atoms with Gasteiger partial charge in [0.2, 0.25) is 0 Å². The fourth-order valence-corrected chi connectivity index (χ4v) is 2.63. The summed E-state index contributed by atoms with van der Waals surface area (Å²) in [6.45, 7) is 0.242. The number of hydrogen-bond acceptors (Lipinski definition) is 2. The van der Waals surface area contributed by atoms with Gasteiger partial charge in [-0.25, -0.2) is 4.39 Å². The number of benzene rings is 2. The quantitative estimate of drug-likeness (QED) is 0.661. The monoisotopic (exact) mass is 348 g/mol. The van der Waals surface area contributed by atoms with Gasteiger partial charge in [0, 0.05) is 17.8 Å². The van der Waals surface area contributed by atoms with Crippen LogP contribution in [0.3, 0.4) is 0 Å². The number of alkyl halides is 1. The predicted molar refractivity (Wildman–Crippen MR) is 84.1 cm³/mol. The number of hydrogen-bond donors (Lipinski definition) is 0. The van der Waals surface area contributed by atoms with E-state index in [2.05, 4.69) is 21.0 Å². The fraction of sp³-hybridized carbons (Fsp3) is 0.188. The Kier molecular flexibility index (Phi) is 3.92. The fourth-order valence-electron chi connectivity index (χ4n) is 2.29. The Morgan fingerprint density at radius 3 is 2.81 bits per heavy atom. The predicted octanol–water partition coefficient (Wildman–Crippen LogP) is 4.19. The van der Waals surface area contributed by atoms with Gasteiger partial charge in [-0.05, 0) is 23.8 Å². The molecule has 0 radical (unpaired) electrons. The van der Waals surface area contributed by atoms with Crippen molar-refractivity contribution in [2.24, 2.45) is 7.05 Å². The number of para-hydroxylation sites is 1. The molecule has 1 heterocycles. The van der Waals surface area contributed by atoms with Crippen LogP contribution < -0.4 is 4.74 Å². The Balaban J connectivity index is 1.84. The molecule has 0 aliphatic heterocycles. The molecule has 0 aliphatic carbocycles. The normalized spacial score (nSPS) is 11.0. The Bertz CT molecular complexity index is 785. The molecule has 21 heavy (non-hydrogen) atoms. The van der Waals surface area contributed by atoms with E-state index in [-0.39, 0.29) is 18.2 Å². The standard InChI is InChI=1S/C16H14BrFN2O/c1-20-15-5-3-2-4-12(15)14(19-20)10-21-16-7-6-11(9-17)8-13(16)18/h2-8H,9-10H2,1H3. The molecule has 108 valence electrons. The molecule has 2 aromatic carbocycles. The van der Waals surface area contributed by atoms with E-state index in [0.29, 0.717) is 5.33 Å². The van der Waals surface area contributed by atoms with Gasteiger partial charge in [-0.15, -0.1) is 0 Å². The number of aryl methyl sites for hydroxylation is 1. The molecule has 0 spiro atoms. The van der Waals surface area contributed by atoms with Crippen molar-refractivity contribution < 1.29 is 9.13 Å². The van der Waals surface area contributed by atoms with Gasteiger partial charge in [0.05, 0.1) is 5.52 Å². The molecular weight excluding hydrogens is 335 g/mol. The molecule has 0 saturated heterocycles. The smallest absolute Gasteiger partial charge is 0.165 e. The van der Waals surface area contributed by atoms with Gasteiger partial charge in [0.15, 0.2) is 11.6 Å². The average molecular weight is 349 g/mol. The van der Waals surface area contributed by atoms with Crippen LogP contribution in [-0.2, 0) is 19.0 Å². The van der Waals surface area contributed by atoms with E-state index in [0.717, 1.165) is 22.2 Å². The number of nitrogens with zero attached hydrogens (tertiary/aromatic N) is 2. The van der Waals surface area contributed by atoms with Crippen LogP contribution in [0.4, 0.5) is 4.39 Å². The Morgan fingerprint density at radius 2 is 2.05 bits per heavy atom. The van der Waals surface area contributed by atoms with Crippen molar-refractivity contribution in [1.82, 2.24) is 9.78 Å². The second kappa shape index (κ2) is 5.85.